The highest BCUT2D eigenvalue weighted by Gasteiger charge is 2.41. The molecule has 0 bridgehead atoms. The second-order valence-corrected chi connectivity index (χ2v) is 6.56. The smallest absolute Gasteiger partial charge is 0.248 e. The van der Waals surface area contributed by atoms with Crippen LogP contribution in [0.4, 0.5) is 0 Å². The maximum Gasteiger partial charge on any atom is 0.248 e. The molecule has 0 atom stereocenters. The Morgan fingerprint density at radius 1 is 1.17 bits per heavy atom. The maximum atomic E-state index is 13.0. The van der Waals surface area contributed by atoms with Crippen LogP contribution in [-0.2, 0) is 16.1 Å². The molecule has 1 aromatic rings. The molecular formula is C19H28N2O3. The van der Waals surface area contributed by atoms with E-state index in [-0.39, 0.29) is 11.8 Å². The first-order valence-corrected chi connectivity index (χ1v) is 8.73. The van der Waals surface area contributed by atoms with E-state index in [1.807, 2.05) is 31.2 Å². The fourth-order valence-electron chi connectivity index (χ4n) is 3.45. The van der Waals surface area contributed by atoms with Gasteiger partial charge in [0.25, 0.3) is 0 Å². The van der Waals surface area contributed by atoms with E-state index in [4.69, 9.17) is 4.74 Å². The minimum atomic E-state index is -0.732. The highest BCUT2D eigenvalue weighted by molar-refractivity contribution is 5.90. The summed E-state index contributed by atoms with van der Waals surface area (Å²) in [6.07, 6.45) is 4.51. The van der Waals surface area contributed by atoms with Gasteiger partial charge in [0.2, 0.25) is 11.8 Å². The van der Waals surface area contributed by atoms with Crippen molar-refractivity contribution in [1.29, 1.82) is 0 Å². The van der Waals surface area contributed by atoms with Crippen molar-refractivity contribution < 1.29 is 14.3 Å². The van der Waals surface area contributed by atoms with Crippen molar-refractivity contribution in [3.63, 3.8) is 0 Å². The van der Waals surface area contributed by atoms with Gasteiger partial charge in [0.1, 0.15) is 11.3 Å². The lowest BCUT2D eigenvalue weighted by atomic mass is 9.80. The van der Waals surface area contributed by atoms with E-state index in [2.05, 4.69) is 5.32 Å². The average Bonchev–Trinajstić information content (AvgIpc) is 2.56. The van der Waals surface area contributed by atoms with Crippen LogP contribution in [0.25, 0.3) is 0 Å². The minimum Gasteiger partial charge on any atom is -0.494 e. The van der Waals surface area contributed by atoms with Gasteiger partial charge in [-0.25, -0.2) is 0 Å². The van der Waals surface area contributed by atoms with Crippen LogP contribution in [-0.4, -0.2) is 35.9 Å². The third-order valence-electron chi connectivity index (χ3n) is 4.53. The van der Waals surface area contributed by atoms with Crippen LogP contribution in [0.3, 0.4) is 0 Å². The molecule has 0 saturated heterocycles. The third-order valence-corrected chi connectivity index (χ3v) is 4.53. The van der Waals surface area contributed by atoms with E-state index >= 15 is 0 Å². The van der Waals surface area contributed by atoms with E-state index in [0.717, 1.165) is 43.4 Å². The van der Waals surface area contributed by atoms with Crippen molar-refractivity contribution in [2.75, 3.05) is 13.7 Å². The Bertz CT molecular complexity index is 562. The molecule has 24 heavy (non-hydrogen) atoms. The lowest BCUT2D eigenvalue weighted by Crippen LogP contribution is -2.59. The molecule has 1 N–H and O–H groups in total. The molecule has 132 valence electrons. The van der Waals surface area contributed by atoms with Gasteiger partial charge >= 0.3 is 0 Å². The first-order valence-electron chi connectivity index (χ1n) is 8.73. The number of hydrogen-bond acceptors (Lipinski definition) is 3. The molecule has 0 unspecified atom stereocenters. The van der Waals surface area contributed by atoms with Gasteiger partial charge in [-0.05, 0) is 37.5 Å². The number of nitrogens with zero attached hydrogens (tertiary/aromatic N) is 1. The first kappa shape index (κ1) is 18.3. The summed E-state index contributed by atoms with van der Waals surface area (Å²) in [5.74, 6) is 0.697. The highest BCUT2D eigenvalue weighted by Crippen LogP contribution is 2.30. The number of hydrogen-bond donors (Lipinski definition) is 1. The summed E-state index contributed by atoms with van der Waals surface area (Å²) in [6.45, 7) is 4.59. The van der Waals surface area contributed by atoms with Crippen LogP contribution in [0.5, 0.6) is 5.75 Å². The fourth-order valence-corrected chi connectivity index (χ4v) is 3.45. The second-order valence-electron chi connectivity index (χ2n) is 6.56. The predicted octanol–water partition coefficient (Wildman–Crippen LogP) is 2.88. The van der Waals surface area contributed by atoms with Crippen molar-refractivity contribution in [3.05, 3.63) is 29.8 Å². The standard InChI is InChI=1S/C19H28N2O3/c1-4-24-17-10-8-16(9-11-17)14-21(3)18(23)19(20-15(2)22)12-6-5-7-13-19/h8-11H,4-7,12-14H2,1-3H3,(H,20,22). The molecule has 5 nitrogen and oxygen atoms in total. The molecule has 1 fully saturated rings. The number of rotatable bonds is 6. The monoisotopic (exact) mass is 332 g/mol. The average molecular weight is 332 g/mol. The Balaban J connectivity index is 2.07. The summed E-state index contributed by atoms with van der Waals surface area (Å²) in [6, 6.07) is 7.78. The van der Waals surface area contributed by atoms with Crippen molar-refractivity contribution >= 4 is 11.8 Å². The quantitative estimate of drug-likeness (QED) is 0.871. The van der Waals surface area contributed by atoms with E-state index in [1.54, 1.807) is 11.9 Å². The van der Waals surface area contributed by atoms with Gasteiger partial charge in [0.05, 0.1) is 6.61 Å². The molecule has 2 amide bonds. The summed E-state index contributed by atoms with van der Waals surface area (Å²) in [5.41, 5.74) is 0.312. The van der Waals surface area contributed by atoms with Crippen molar-refractivity contribution in [2.24, 2.45) is 0 Å². The van der Waals surface area contributed by atoms with Crippen LogP contribution >= 0.6 is 0 Å². The Morgan fingerprint density at radius 3 is 2.33 bits per heavy atom. The summed E-state index contributed by atoms with van der Waals surface area (Å²) in [4.78, 5) is 26.3. The normalized spacial score (nSPS) is 16.3. The van der Waals surface area contributed by atoms with E-state index < -0.39 is 5.54 Å². The summed E-state index contributed by atoms with van der Waals surface area (Å²) in [7, 11) is 1.80. The minimum absolute atomic E-state index is 0.00582. The van der Waals surface area contributed by atoms with E-state index in [1.165, 1.54) is 6.92 Å². The number of amides is 2. The Hall–Kier alpha value is -2.04. The van der Waals surface area contributed by atoms with Crippen LogP contribution in [0.1, 0.15) is 51.5 Å². The fraction of sp³-hybridized carbons (Fsp3) is 0.579. The van der Waals surface area contributed by atoms with E-state index in [9.17, 15) is 9.59 Å². The SMILES string of the molecule is CCOc1ccc(CN(C)C(=O)C2(NC(C)=O)CCCCC2)cc1. The van der Waals surface area contributed by atoms with Gasteiger partial charge in [-0.1, -0.05) is 31.4 Å². The number of ether oxygens (including phenoxy) is 1. The molecule has 0 spiro atoms. The summed E-state index contributed by atoms with van der Waals surface area (Å²) < 4.78 is 5.44. The zero-order valence-electron chi connectivity index (χ0n) is 14.9. The Kier molecular flexibility index (Phi) is 6.23. The highest BCUT2D eigenvalue weighted by atomic mass is 16.5. The number of benzene rings is 1. The molecule has 0 radical (unpaired) electrons. The zero-order valence-corrected chi connectivity index (χ0v) is 14.9. The van der Waals surface area contributed by atoms with Gasteiger partial charge < -0.3 is 15.0 Å². The van der Waals surface area contributed by atoms with Crippen molar-refractivity contribution in [2.45, 2.75) is 58.0 Å². The lowest BCUT2D eigenvalue weighted by Gasteiger charge is -2.39. The van der Waals surface area contributed by atoms with Crippen LogP contribution in [0.2, 0.25) is 0 Å². The van der Waals surface area contributed by atoms with Crippen molar-refractivity contribution in [1.82, 2.24) is 10.2 Å². The predicted molar refractivity (Wildman–Crippen MR) is 93.7 cm³/mol. The molecule has 5 heteroatoms. The van der Waals surface area contributed by atoms with Gasteiger partial charge in [-0.3, -0.25) is 9.59 Å². The van der Waals surface area contributed by atoms with Gasteiger partial charge in [0.15, 0.2) is 0 Å². The summed E-state index contributed by atoms with van der Waals surface area (Å²) in [5, 5.41) is 2.94. The molecule has 1 aliphatic rings. The first-order chi connectivity index (χ1) is 11.5. The molecular weight excluding hydrogens is 304 g/mol. The number of carbonyl (C=O) groups is 2. The molecule has 2 rings (SSSR count). The molecule has 0 heterocycles. The van der Waals surface area contributed by atoms with Crippen LogP contribution in [0.15, 0.2) is 24.3 Å². The number of carbonyl (C=O) groups excluding carboxylic acids is 2. The van der Waals surface area contributed by atoms with Crippen molar-refractivity contribution in [3.8, 4) is 5.75 Å². The maximum absolute atomic E-state index is 13.0. The Morgan fingerprint density at radius 2 is 1.79 bits per heavy atom. The molecule has 0 aromatic heterocycles. The molecule has 1 aliphatic carbocycles. The largest absolute Gasteiger partial charge is 0.494 e. The Labute approximate surface area is 144 Å². The third kappa shape index (κ3) is 4.49. The second kappa shape index (κ2) is 8.18. The molecule has 0 aliphatic heterocycles. The molecule has 1 aromatic carbocycles. The number of nitrogens with one attached hydrogen (secondary N) is 1. The topological polar surface area (TPSA) is 58.6 Å². The van der Waals surface area contributed by atoms with Crippen LogP contribution in [0, 0.1) is 0 Å². The number of likely N-dealkylation sites (N-methyl/N-ethyl adjacent to an activating group) is 1. The molecule has 1 saturated carbocycles. The van der Waals surface area contributed by atoms with E-state index in [0.29, 0.717) is 13.2 Å². The van der Waals surface area contributed by atoms with Gasteiger partial charge in [-0.2, -0.15) is 0 Å². The zero-order chi connectivity index (χ0) is 17.6. The lowest BCUT2D eigenvalue weighted by molar-refractivity contribution is -0.142. The van der Waals surface area contributed by atoms with Gasteiger partial charge in [-0.15, -0.1) is 0 Å². The summed E-state index contributed by atoms with van der Waals surface area (Å²) >= 11 is 0. The van der Waals surface area contributed by atoms with Crippen LogP contribution < -0.4 is 10.1 Å². The van der Waals surface area contributed by atoms with Gasteiger partial charge in [0, 0.05) is 20.5 Å².